The zero-order valence-electron chi connectivity index (χ0n) is 66.9. The van der Waals surface area contributed by atoms with E-state index in [1.165, 1.54) is 67.4 Å². The van der Waals surface area contributed by atoms with Crippen molar-refractivity contribution in [3.05, 3.63) is 130 Å². The quantitative estimate of drug-likeness (QED) is 0.0190. The molecule has 8 aliphatic carbocycles. The molecule has 0 aromatic heterocycles. The monoisotopic (exact) mass is 1570 g/mol. The van der Waals surface area contributed by atoms with Crippen LogP contribution in [0.3, 0.4) is 0 Å². The second-order valence-electron chi connectivity index (χ2n) is 35.5. The number of carbonyl (C=O) groups is 6. The van der Waals surface area contributed by atoms with E-state index in [0.29, 0.717) is 87.1 Å². The largest absolute Gasteiger partial charge is 0.482 e. The predicted octanol–water partition coefficient (Wildman–Crippen LogP) is 12.3. The van der Waals surface area contributed by atoms with Crippen LogP contribution in [-0.4, -0.2) is 180 Å². The SMILES string of the molecule is CC1(C)CCN(C(C)(C)C=C(C#N)C(=O)C2CCC[C@H](OC(=O)N[C@@H](Cc3ccc(F)cc3)B(O)O)C2)C1.CC1(C)[C@@H]2C[C@H]3OB([C@H](Cc4ccc(F)cc4)NC(=O)OC4CCCCC4)O[C@@]3(C)[C@H]1C2.N#CCC(=O)O.[C-]#[N+]CC(=O)N1CCC[C@H](OC(=O)N[C@@H](Cc2ccc(F)cc2)B2O[C@@H]3C[C@@H]4C[C@@H](C4(C)C)[C@]3(C)O2)C1. The summed E-state index contributed by atoms with van der Waals surface area (Å²) in [5.41, 5.74) is 1.94. The highest BCUT2D eigenvalue weighted by Crippen LogP contribution is 2.67. The predicted molar refractivity (Wildman–Crippen MR) is 415 cm³/mol. The van der Waals surface area contributed by atoms with Gasteiger partial charge in [0.2, 0.25) is 0 Å². The van der Waals surface area contributed by atoms with Crippen LogP contribution in [0.2, 0.25) is 0 Å². The maximum atomic E-state index is 13.5. The van der Waals surface area contributed by atoms with E-state index in [1.807, 2.05) is 13.8 Å². The molecule has 4 bridgehead atoms. The van der Waals surface area contributed by atoms with Gasteiger partial charge < -0.3 is 73.7 Å². The fourth-order valence-electron chi connectivity index (χ4n) is 19.0. The molecule has 0 radical (unpaired) electrons. The molecule has 0 spiro atoms. The van der Waals surface area contributed by atoms with E-state index >= 15 is 0 Å². The average Bonchev–Trinajstić information content (AvgIpc) is 1.63. The van der Waals surface area contributed by atoms with Crippen molar-refractivity contribution >= 4 is 57.3 Å². The topological polar surface area (TPSA) is 322 Å². The van der Waals surface area contributed by atoms with Crippen molar-refractivity contribution in [2.24, 2.45) is 45.8 Å². The Morgan fingerprint density at radius 3 is 1.56 bits per heavy atom. The standard InChI is InChI=1S/C28H39BFN3O5.C27H35BFN3O5.C25H35BFNO4.C3H3NO2/c1-27(2)12-13-33(18-27)28(3,4)16-21(17-31)25(34)20-6-5-7-23(15-20)38-26(35)32-24(29(36)37)14-19-8-10-22(30)11-9-19;1-26(2)18-13-21(26)27(3)22(14-18)36-28(37-27)23(12-17-7-9-19(29)10-8-17)31-25(34)35-20-6-5-11-32(16-20)24(33)15-30-4;1-24(2)17-14-20(24)25(3)21(15-17)31-26(32-25)22(13-16-9-11-18(27)12-10-16)28-23(29)30-19-7-5-4-6-8-19;4-2-1-3(5)6/h8-11,16,20,23-24,36-37H,5-7,12-15,18H2,1-4H3,(H,32,35);7-10,18,20-23H,5-6,11-16H2,1-3H3,(H,31,34);9-12,17,19-22H,4-8,13-15H2,1-3H3,(H,28,29);1H2,(H,5,6)/t20?,23-,24-;18-,20-,21-,22+,23-,27-;17-,20-,21+,22-,25-;/m000./s1. The van der Waals surface area contributed by atoms with Gasteiger partial charge >= 0.3 is 51.5 Å². The van der Waals surface area contributed by atoms with Gasteiger partial charge in [0.15, 0.2) is 5.78 Å². The number of nitrogens with zero attached hydrogens (tertiary/aromatic N) is 5. The number of carboxylic acid groups (broad SMARTS) is 1. The van der Waals surface area contributed by atoms with Gasteiger partial charge in [0.25, 0.3) is 6.54 Å². The number of alkyl carbamates (subject to hydrolysis) is 3. The Balaban J connectivity index is 0.000000173. The number of likely N-dealkylation sites (tertiary alicyclic amines) is 2. The number of nitrogens with one attached hydrogen (secondary N) is 3. The second kappa shape index (κ2) is 37.3. The van der Waals surface area contributed by atoms with Crippen molar-refractivity contribution in [1.29, 1.82) is 10.5 Å². The van der Waals surface area contributed by atoms with Crippen LogP contribution in [0.4, 0.5) is 27.6 Å². The Hall–Kier alpha value is -8.01. The molecule has 3 aromatic carbocycles. The number of hydrogen-bond acceptors (Lipinski definition) is 18. The van der Waals surface area contributed by atoms with Gasteiger partial charge in [-0.05, 0) is 249 Å². The number of benzene rings is 3. The van der Waals surface area contributed by atoms with Crippen molar-refractivity contribution in [1.82, 2.24) is 25.8 Å². The van der Waals surface area contributed by atoms with Gasteiger partial charge in [-0.25, -0.2) is 34.1 Å². The summed E-state index contributed by atoms with van der Waals surface area (Å²) in [5.74, 6) is -2.90. The Morgan fingerprint density at radius 1 is 0.646 bits per heavy atom. The highest BCUT2D eigenvalue weighted by Gasteiger charge is 2.70. The molecule has 12 fully saturated rings. The van der Waals surface area contributed by atoms with Crippen molar-refractivity contribution in [2.45, 2.75) is 263 Å². The van der Waals surface area contributed by atoms with Gasteiger partial charge in [0.05, 0.1) is 59.4 Å². The van der Waals surface area contributed by atoms with Crippen LogP contribution in [0.25, 0.3) is 4.85 Å². The first-order valence-electron chi connectivity index (χ1n) is 40.2. The number of carboxylic acids is 1. The first kappa shape index (κ1) is 87.4. The third-order valence-corrected chi connectivity index (χ3v) is 25.9. The summed E-state index contributed by atoms with van der Waals surface area (Å²) in [6, 6.07) is 21.7. The third-order valence-electron chi connectivity index (χ3n) is 25.9. The number of amides is 4. The van der Waals surface area contributed by atoms with E-state index in [4.69, 9.17) is 49.8 Å². The first-order valence-corrected chi connectivity index (χ1v) is 40.2. The van der Waals surface area contributed by atoms with Crippen LogP contribution in [-0.2, 0) is 66.5 Å². The summed E-state index contributed by atoms with van der Waals surface area (Å²) in [5, 5.41) is 53.0. The summed E-state index contributed by atoms with van der Waals surface area (Å²) in [4.78, 5) is 80.3. The average molecular weight is 1570 g/mol. The van der Waals surface area contributed by atoms with Crippen molar-refractivity contribution in [3.8, 4) is 12.1 Å². The maximum Gasteiger partial charge on any atom is 0.482 e. The number of piperidine rings is 1. The third kappa shape index (κ3) is 22.0. The minimum absolute atomic E-state index is 0.0197. The van der Waals surface area contributed by atoms with Crippen LogP contribution < -0.4 is 16.0 Å². The minimum atomic E-state index is -1.85. The van der Waals surface area contributed by atoms with Crippen molar-refractivity contribution < 1.29 is 89.9 Å². The number of halogens is 3. The molecule has 113 heavy (non-hydrogen) atoms. The molecule has 14 atom stereocenters. The van der Waals surface area contributed by atoms with E-state index in [-0.39, 0.29) is 88.6 Å². The zero-order valence-corrected chi connectivity index (χ0v) is 66.9. The number of carbonyl (C=O) groups excluding carboxylic acids is 5. The van der Waals surface area contributed by atoms with Crippen LogP contribution >= 0.6 is 0 Å². The number of hydrogen-bond donors (Lipinski definition) is 6. The van der Waals surface area contributed by atoms with E-state index in [9.17, 15) is 57.2 Å². The van der Waals surface area contributed by atoms with Crippen molar-refractivity contribution in [2.75, 3.05) is 32.7 Å². The van der Waals surface area contributed by atoms with Crippen LogP contribution in [0, 0.1) is 92.5 Å². The molecular formula is C83H112B3F3N8O16. The molecule has 12 aliphatic rings. The number of Topliss-reactive ketones (excluding diaryl/α,β-unsaturated/α-hetero) is 1. The molecule has 30 heteroatoms. The number of rotatable bonds is 21. The lowest BCUT2D eigenvalue weighted by Crippen LogP contribution is -2.65. The zero-order chi connectivity index (χ0) is 82.0. The fraction of sp³-hybridized carbons (Fsp3) is 0.651. The Morgan fingerprint density at radius 2 is 1.12 bits per heavy atom. The Bertz CT molecular complexity index is 3990. The summed E-state index contributed by atoms with van der Waals surface area (Å²) in [6.45, 7) is 31.4. The first-order chi connectivity index (χ1) is 53.4. The van der Waals surface area contributed by atoms with E-state index in [2.05, 4.69) is 87.2 Å². The van der Waals surface area contributed by atoms with Gasteiger partial charge in [0, 0.05) is 24.5 Å². The summed E-state index contributed by atoms with van der Waals surface area (Å²) in [6.07, 6.45) is 13.5. The molecule has 1 unspecified atom stereocenters. The molecule has 15 rings (SSSR count). The number of aliphatic carboxylic acids is 1. The number of nitriles is 2. The Kier molecular flexibility index (Phi) is 28.8. The van der Waals surface area contributed by atoms with E-state index < -0.39 is 105 Å². The smallest absolute Gasteiger partial charge is 0.480 e. The lowest BCUT2D eigenvalue weighted by atomic mass is 9.43. The highest BCUT2D eigenvalue weighted by molar-refractivity contribution is 6.48. The van der Waals surface area contributed by atoms with Crippen molar-refractivity contribution in [3.63, 3.8) is 0 Å². The van der Waals surface area contributed by atoms with E-state index in [0.717, 1.165) is 75.6 Å². The summed E-state index contributed by atoms with van der Waals surface area (Å²) < 4.78 is 83.2. The van der Waals surface area contributed by atoms with Gasteiger partial charge in [-0.2, -0.15) is 10.5 Å². The molecular weight excluding hydrogens is 1450 g/mol. The number of ketones is 1. The molecule has 8 saturated carbocycles. The minimum Gasteiger partial charge on any atom is -0.480 e. The van der Waals surface area contributed by atoms with Gasteiger partial charge in [-0.15, -0.1) is 0 Å². The second-order valence-corrected chi connectivity index (χ2v) is 35.5. The highest BCUT2D eigenvalue weighted by atomic mass is 19.1. The molecule has 4 amide bonds. The molecule has 4 saturated heterocycles. The summed E-state index contributed by atoms with van der Waals surface area (Å²) in [7, 11) is -3.06. The molecule has 6 N–H and O–H groups in total. The lowest BCUT2D eigenvalue weighted by Gasteiger charge is -2.64. The lowest BCUT2D eigenvalue weighted by molar-refractivity contribution is -0.199. The number of ether oxygens (including phenoxy) is 3. The maximum absolute atomic E-state index is 13.5. The van der Waals surface area contributed by atoms with Gasteiger partial charge in [-0.1, -0.05) is 84.4 Å². The molecule has 610 valence electrons. The number of allylic oxidation sites excluding steroid dienone is 1. The van der Waals surface area contributed by atoms with Crippen LogP contribution in [0.5, 0.6) is 0 Å². The Labute approximate surface area is 663 Å². The van der Waals surface area contributed by atoms with E-state index in [1.54, 1.807) is 35.2 Å². The van der Waals surface area contributed by atoms with Crippen LogP contribution in [0.15, 0.2) is 84.4 Å². The fourth-order valence-corrected chi connectivity index (χ4v) is 19.0. The molecule has 3 aromatic rings. The summed E-state index contributed by atoms with van der Waals surface area (Å²) >= 11 is 0. The molecule has 4 heterocycles. The van der Waals surface area contributed by atoms with Gasteiger partial charge in [0.1, 0.15) is 48.3 Å². The normalized spacial score (nSPS) is 28.4. The molecule has 24 nitrogen and oxygen atoms in total. The molecule has 4 aliphatic heterocycles. The van der Waals surface area contributed by atoms with Gasteiger partial charge in [-0.3, -0.25) is 19.3 Å². The van der Waals surface area contributed by atoms with Crippen LogP contribution in [0.1, 0.15) is 195 Å².